The summed E-state index contributed by atoms with van der Waals surface area (Å²) in [6.45, 7) is 2.33. The van der Waals surface area contributed by atoms with Gasteiger partial charge in [0.15, 0.2) is 5.75 Å². The number of ether oxygens (including phenoxy) is 1. The quantitative estimate of drug-likeness (QED) is 0.830. The lowest BCUT2D eigenvalue weighted by atomic mass is 10.2. The molecule has 0 aliphatic rings. The van der Waals surface area contributed by atoms with Crippen molar-refractivity contribution in [3.63, 3.8) is 0 Å². The number of rotatable bonds is 4. The van der Waals surface area contributed by atoms with Gasteiger partial charge in [-0.25, -0.2) is 0 Å². The first-order valence-electron chi connectivity index (χ1n) is 5.62. The van der Waals surface area contributed by atoms with Crippen LogP contribution in [0.2, 0.25) is 0 Å². The number of aromatic hydroxyl groups is 1. The van der Waals surface area contributed by atoms with Gasteiger partial charge in [-0.2, -0.15) is 0 Å². The summed E-state index contributed by atoms with van der Waals surface area (Å²) >= 11 is 4.73. The number of hydrogen-bond donors (Lipinski definition) is 2. The van der Waals surface area contributed by atoms with E-state index >= 15 is 0 Å². The van der Waals surface area contributed by atoms with E-state index in [1.165, 1.54) is 17.4 Å². The number of nitrogens with one attached hydrogen (secondary N) is 1. The first kappa shape index (κ1) is 13.9. The lowest BCUT2D eigenvalue weighted by molar-refractivity contribution is 0.102. The highest BCUT2D eigenvalue weighted by atomic mass is 79.9. The highest BCUT2D eigenvalue weighted by Crippen LogP contribution is 2.36. The van der Waals surface area contributed by atoms with E-state index in [0.29, 0.717) is 23.6 Å². The Bertz CT molecular complexity index is 597. The van der Waals surface area contributed by atoms with Crippen LogP contribution in [-0.2, 0) is 0 Å². The number of hydrogen-bond acceptors (Lipinski definition) is 4. The number of phenolic OH excluding ortho intramolecular Hbond substituents is 1. The zero-order valence-electron chi connectivity index (χ0n) is 10.1. The Labute approximate surface area is 123 Å². The van der Waals surface area contributed by atoms with Crippen LogP contribution in [0.4, 0.5) is 5.69 Å². The number of amides is 1. The Morgan fingerprint density at radius 1 is 1.47 bits per heavy atom. The van der Waals surface area contributed by atoms with E-state index in [2.05, 4.69) is 21.2 Å². The van der Waals surface area contributed by atoms with E-state index in [1.807, 2.05) is 6.92 Å². The van der Waals surface area contributed by atoms with Crippen molar-refractivity contribution in [1.29, 1.82) is 0 Å². The summed E-state index contributed by atoms with van der Waals surface area (Å²) in [5.41, 5.74) is 0.819. The number of phenols is 1. The third kappa shape index (κ3) is 3.08. The third-order valence-corrected chi connectivity index (χ3v) is 4.06. The van der Waals surface area contributed by atoms with Gasteiger partial charge in [0.1, 0.15) is 9.54 Å². The van der Waals surface area contributed by atoms with E-state index in [0.717, 1.165) is 3.79 Å². The standard InChI is InChI=1S/C13H12BrNO3S/c1-2-18-11-8(7-19-12(11)14)13(17)15-9-5-3-4-6-10(9)16/h3-7,16H,2H2,1H3,(H,15,17). The smallest absolute Gasteiger partial charge is 0.260 e. The van der Waals surface area contributed by atoms with Crippen molar-refractivity contribution < 1.29 is 14.6 Å². The fraction of sp³-hybridized carbons (Fsp3) is 0.154. The lowest BCUT2D eigenvalue weighted by Gasteiger charge is -2.08. The molecule has 0 atom stereocenters. The molecule has 0 aliphatic carbocycles. The average Bonchev–Trinajstić information content (AvgIpc) is 2.75. The van der Waals surface area contributed by atoms with Gasteiger partial charge in [0.25, 0.3) is 5.91 Å². The highest BCUT2D eigenvalue weighted by molar-refractivity contribution is 9.11. The summed E-state index contributed by atoms with van der Waals surface area (Å²) in [5, 5.41) is 14.0. The van der Waals surface area contributed by atoms with E-state index in [-0.39, 0.29) is 11.7 Å². The van der Waals surface area contributed by atoms with Crippen molar-refractivity contribution in [3.05, 3.63) is 39.0 Å². The number of para-hydroxylation sites is 2. The first-order chi connectivity index (χ1) is 9.13. The van der Waals surface area contributed by atoms with Gasteiger partial charge in [-0.15, -0.1) is 11.3 Å². The van der Waals surface area contributed by atoms with Crippen LogP contribution in [0, 0.1) is 0 Å². The molecule has 19 heavy (non-hydrogen) atoms. The molecular formula is C13H12BrNO3S. The van der Waals surface area contributed by atoms with Gasteiger partial charge in [-0.05, 0) is 35.0 Å². The Balaban J connectivity index is 2.23. The monoisotopic (exact) mass is 341 g/mol. The average molecular weight is 342 g/mol. The molecule has 0 spiro atoms. The summed E-state index contributed by atoms with van der Waals surface area (Å²) in [5.74, 6) is 0.246. The van der Waals surface area contributed by atoms with Gasteiger partial charge in [0.05, 0.1) is 17.9 Å². The molecule has 1 aromatic heterocycles. The summed E-state index contributed by atoms with van der Waals surface area (Å²) in [6, 6.07) is 6.58. The number of thiophene rings is 1. The maximum absolute atomic E-state index is 12.2. The van der Waals surface area contributed by atoms with Gasteiger partial charge in [-0.3, -0.25) is 4.79 Å². The van der Waals surface area contributed by atoms with Crippen molar-refractivity contribution in [1.82, 2.24) is 0 Å². The molecule has 0 saturated carbocycles. The van der Waals surface area contributed by atoms with Crippen molar-refractivity contribution >= 4 is 38.9 Å². The predicted molar refractivity (Wildman–Crippen MR) is 79.2 cm³/mol. The Hall–Kier alpha value is -1.53. The molecule has 2 aromatic rings. The van der Waals surface area contributed by atoms with Gasteiger partial charge in [0, 0.05) is 5.38 Å². The maximum atomic E-state index is 12.2. The Kier molecular flexibility index (Phi) is 4.44. The molecule has 0 bridgehead atoms. The van der Waals surface area contributed by atoms with Gasteiger partial charge in [0.2, 0.25) is 0 Å². The minimum atomic E-state index is -0.313. The van der Waals surface area contributed by atoms with E-state index in [4.69, 9.17) is 4.74 Å². The largest absolute Gasteiger partial charge is 0.506 e. The van der Waals surface area contributed by atoms with Crippen LogP contribution in [0.15, 0.2) is 33.4 Å². The summed E-state index contributed by atoms with van der Waals surface area (Å²) in [6.07, 6.45) is 0. The molecule has 1 aromatic carbocycles. The minimum absolute atomic E-state index is 0.0307. The highest BCUT2D eigenvalue weighted by Gasteiger charge is 2.18. The van der Waals surface area contributed by atoms with E-state index in [1.54, 1.807) is 23.6 Å². The molecule has 0 unspecified atom stereocenters. The number of anilines is 1. The molecule has 4 nitrogen and oxygen atoms in total. The second kappa shape index (κ2) is 6.08. The molecule has 0 radical (unpaired) electrons. The van der Waals surface area contributed by atoms with Crippen LogP contribution in [0.25, 0.3) is 0 Å². The van der Waals surface area contributed by atoms with Crippen LogP contribution in [0.5, 0.6) is 11.5 Å². The zero-order chi connectivity index (χ0) is 13.8. The van der Waals surface area contributed by atoms with Crippen molar-refractivity contribution in [2.24, 2.45) is 0 Å². The zero-order valence-corrected chi connectivity index (χ0v) is 12.5. The molecule has 1 amide bonds. The molecule has 1 heterocycles. The number of benzene rings is 1. The predicted octanol–water partition coefficient (Wildman–Crippen LogP) is 3.87. The number of carbonyl (C=O) groups is 1. The summed E-state index contributed by atoms with van der Waals surface area (Å²) in [4.78, 5) is 12.2. The first-order valence-corrected chi connectivity index (χ1v) is 7.30. The van der Waals surface area contributed by atoms with Gasteiger partial charge < -0.3 is 15.2 Å². The van der Waals surface area contributed by atoms with Gasteiger partial charge in [-0.1, -0.05) is 12.1 Å². The maximum Gasteiger partial charge on any atom is 0.260 e. The molecule has 100 valence electrons. The summed E-state index contributed by atoms with van der Waals surface area (Å²) in [7, 11) is 0. The molecular weight excluding hydrogens is 330 g/mol. The van der Waals surface area contributed by atoms with Crippen molar-refractivity contribution in [2.75, 3.05) is 11.9 Å². The third-order valence-electron chi connectivity index (χ3n) is 2.39. The van der Waals surface area contributed by atoms with E-state index in [9.17, 15) is 9.90 Å². The molecule has 2 rings (SSSR count). The second-order valence-corrected chi connectivity index (χ2v) is 5.85. The fourth-order valence-electron chi connectivity index (χ4n) is 1.53. The topological polar surface area (TPSA) is 58.6 Å². The fourth-order valence-corrected chi connectivity index (χ4v) is 2.85. The SMILES string of the molecule is CCOc1c(C(=O)Nc2ccccc2O)csc1Br. The van der Waals surface area contributed by atoms with Crippen LogP contribution in [-0.4, -0.2) is 17.6 Å². The van der Waals surface area contributed by atoms with Crippen LogP contribution in [0.3, 0.4) is 0 Å². The number of carbonyl (C=O) groups excluding carboxylic acids is 1. The minimum Gasteiger partial charge on any atom is -0.506 e. The van der Waals surface area contributed by atoms with Crippen LogP contribution in [0.1, 0.15) is 17.3 Å². The normalized spacial score (nSPS) is 10.2. The molecule has 0 aliphatic heterocycles. The second-order valence-electron chi connectivity index (χ2n) is 3.66. The molecule has 0 saturated heterocycles. The Morgan fingerprint density at radius 2 is 2.21 bits per heavy atom. The van der Waals surface area contributed by atoms with Crippen LogP contribution >= 0.6 is 27.3 Å². The summed E-state index contributed by atoms with van der Waals surface area (Å²) < 4.78 is 6.21. The molecule has 2 N–H and O–H groups in total. The van der Waals surface area contributed by atoms with Crippen molar-refractivity contribution in [2.45, 2.75) is 6.92 Å². The molecule has 6 heteroatoms. The van der Waals surface area contributed by atoms with Crippen molar-refractivity contribution in [3.8, 4) is 11.5 Å². The Morgan fingerprint density at radius 3 is 2.89 bits per heavy atom. The number of halogens is 1. The molecule has 0 fully saturated rings. The lowest BCUT2D eigenvalue weighted by Crippen LogP contribution is -2.12. The van der Waals surface area contributed by atoms with Gasteiger partial charge >= 0.3 is 0 Å². The van der Waals surface area contributed by atoms with Crippen LogP contribution < -0.4 is 10.1 Å². The van der Waals surface area contributed by atoms with E-state index < -0.39 is 0 Å².